The summed E-state index contributed by atoms with van der Waals surface area (Å²) >= 11 is 0. The Morgan fingerprint density at radius 1 is 1.19 bits per heavy atom. The summed E-state index contributed by atoms with van der Waals surface area (Å²) in [5, 5.41) is 0. The number of nitrogens with zero attached hydrogens (tertiary/aromatic N) is 2. The molecule has 2 atom stereocenters. The summed E-state index contributed by atoms with van der Waals surface area (Å²) in [5.74, 6) is 0.475. The lowest BCUT2D eigenvalue weighted by molar-refractivity contribution is -0.143. The number of fused-ring (bicyclic) bond motifs is 1. The second-order valence-corrected chi connectivity index (χ2v) is 11.1. The number of rotatable bonds is 8. The Balaban J connectivity index is 1.71. The molecule has 9 heteroatoms. The van der Waals surface area contributed by atoms with Gasteiger partial charge < -0.3 is 14.2 Å². The number of esters is 1. The summed E-state index contributed by atoms with van der Waals surface area (Å²) < 4.78 is 40.9. The quantitative estimate of drug-likeness (QED) is 0.356. The molecule has 0 aliphatic carbocycles. The predicted octanol–water partition coefficient (Wildman–Crippen LogP) is 5.79. The smallest absolute Gasteiger partial charge is 0.306 e. The zero-order valence-corrected chi connectivity index (χ0v) is 22.4. The van der Waals surface area contributed by atoms with E-state index in [1.165, 1.54) is 0 Å². The number of methoxy groups -OCH3 is 1. The summed E-state index contributed by atoms with van der Waals surface area (Å²) in [7, 11) is -1.70. The second-order valence-electron chi connectivity index (χ2n) is 9.12. The van der Waals surface area contributed by atoms with Crippen molar-refractivity contribution >= 4 is 16.7 Å². The first-order valence-corrected chi connectivity index (χ1v) is 13.8. The fraction of sp³-hybridized carbons (Fsp3) is 0.357. The SMILES string of the molecule is CCOC(=O)CC(c1cncc(OC)c1)c1ccc(C)c(CN2CC(C)Oc3ccccc3S2(O)O)c1. The molecular formula is C28H34N2O6S. The molecule has 2 N–H and O–H groups in total. The Kier molecular flexibility index (Phi) is 8.39. The third kappa shape index (κ3) is 6.07. The molecule has 2 unspecified atom stereocenters. The number of ether oxygens (including phenoxy) is 3. The lowest BCUT2D eigenvalue weighted by atomic mass is 9.87. The molecule has 4 rings (SSSR count). The Morgan fingerprint density at radius 3 is 2.73 bits per heavy atom. The summed E-state index contributed by atoms with van der Waals surface area (Å²) in [6.45, 7) is 6.63. The average molecular weight is 527 g/mol. The van der Waals surface area contributed by atoms with Gasteiger partial charge in [0.2, 0.25) is 0 Å². The number of hydrogen-bond acceptors (Lipinski definition) is 8. The van der Waals surface area contributed by atoms with Crippen molar-refractivity contribution in [2.24, 2.45) is 0 Å². The van der Waals surface area contributed by atoms with Crippen LogP contribution in [0.5, 0.6) is 11.5 Å². The van der Waals surface area contributed by atoms with E-state index in [1.807, 2.05) is 44.2 Å². The summed E-state index contributed by atoms with van der Waals surface area (Å²) in [6, 6.07) is 14.9. The maximum Gasteiger partial charge on any atom is 0.306 e. The van der Waals surface area contributed by atoms with Gasteiger partial charge in [0.25, 0.3) is 0 Å². The molecule has 0 fully saturated rings. The fourth-order valence-electron chi connectivity index (χ4n) is 4.53. The third-order valence-electron chi connectivity index (χ3n) is 6.46. The number of aromatic nitrogens is 1. The van der Waals surface area contributed by atoms with E-state index in [9.17, 15) is 13.9 Å². The highest BCUT2D eigenvalue weighted by molar-refractivity contribution is 8.22. The van der Waals surface area contributed by atoms with Crippen LogP contribution in [0.25, 0.3) is 0 Å². The number of aryl methyl sites for hydroxylation is 1. The molecule has 0 amide bonds. The van der Waals surface area contributed by atoms with Crippen LogP contribution in [0.3, 0.4) is 0 Å². The van der Waals surface area contributed by atoms with Gasteiger partial charge in [-0.2, -0.15) is 4.31 Å². The molecule has 37 heavy (non-hydrogen) atoms. The second kappa shape index (κ2) is 11.5. The number of pyridine rings is 1. The van der Waals surface area contributed by atoms with E-state index in [1.54, 1.807) is 48.9 Å². The van der Waals surface area contributed by atoms with Gasteiger partial charge in [-0.3, -0.25) is 18.9 Å². The Hall–Kier alpha value is -3.11. The molecule has 1 aliphatic heterocycles. The number of benzene rings is 2. The summed E-state index contributed by atoms with van der Waals surface area (Å²) in [6.07, 6.45) is 3.25. The molecule has 1 aromatic heterocycles. The molecule has 0 spiro atoms. The van der Waals surface area contributed by atoms with Gasteiger partial charge in [0, 0.05) is 18.7 Å². The van der Waals surface area contributed by atoms with Crippen LogP contribution in [-0.2, 0) is 16.1 Å². The fourth-order valence-corrected chi connectivity index (χ4v) is 6.20. The number of para-hydroxylation sites is 1. The minimum Gasteiger partial charge on any atom is -0.495 e. The van der Waals surface area contributed by atoms with Crippen molar-refractivity contribution in [2.45, 2.75) is 50.7 Å². The normalized spacial score (nSPS) is 18.6. The number of carbonyl (C=O) groups is 1. The summed E-state index contributed by atoms with van der Waals surface area (Å²) in [4.78, 5) is 17.2. The highest BCUT2D eigenvalue weighted by atomic mass is 32.3. The van der Waals surface area contributed by atoms with Gasteiger partial charge in [-0.1, -0.05) is 30.3 Å². The van der Waals surface area contributed by atoms with Crippen molar-refractivity contribution in [3.8, 4) is 11.5 Å². The minimum atomic E-state index is -3.28. The van der Waals surface area contributed by atoms with Crippen molar-refractivity contribution < 1.29 is 28.1 Å². The highest BCUT2D eigenvalue weighted by Gasteiger charge is 2.34. The van der Waals surface area contributed by atoms with E-state index in [2.05, 4.69) is 4.98 Å². The van der Waals surface area contributed by atoms with E-state index < -0.39 is 10.8 Å². The maximum absolute atomic E-state index is 12.5. The lowest BCUT2D eigenvalue weighted by Crippen LogP contribution is -2.33. The molecule has 2 heterocycles. The number of carbonyl (C=O) groups excluding carboxylic acids is 1. The van der Waals surface area contributed by atoms with E-state index >= 15 is 0 Å². The van der Waals surface area contributed by atoms with Crippen LogP contribution in [0.4, 0.5) is 0 Å². The van der Waals surface area contributed by atoms with Crippen LogP contribution in [0.1, 0.15) is 48.4 Å². The highest BCUT2D eigenvalue weighted by Crippen LogP contribution is 2.57. The molecule has 2 aromatic carbocycles. The minimum absolute atomic E-state index is 0.141. The first-order chi connectivity index (χ1) is 17.7. The third-order valence-corrected chi connectivity index (χ3v) is 8.39. The van der Waals surface area contributed by atoms with Crippen LogP contribution in [0.2, 0.25) is 0 Å². The first kappa shape index (κ1) is 26.9. The Labute approximate surface area is 219 Å². The maximum atomic E-state index is 12.5. The first-order valence-electron chi connectivity index (χ1n) is 12.3. The van der Waals surface area contributed by atoms with Crippen molar-refractivity contribution in [2.75, 3.05) is 20.3 Å². The van der Waals surface area contributed by atoms with Crippen molar-refractivity contribution in [3.05, 3.63) is 83.2 Å². The van der Waals surface area contributed by atoms with E-state index in [0.29, 0.717) is 36.1 Å². The Morgan fingerprint density at radius 2 is 1.97 bits per heavy atom. The Bertz CT molecular complexity index is 1250. The van der Waals surface area contributed by atoms with Gasteiger partial charge in [-0.05, 0) is 61.2 Å². The van der Waals surface area contributed by atoms with Gasteiger partial charge in [0.05, 0.1) is 32.9 Å². The zero-order chi connectivity index (χ0) is 26.6. The van der Waals surface area contributed by atoms with Crippen LogP contribution in [0.15, 0.2) is 65.8 Å². The predicted molar refractivity (Wildman–Crippen MR) is 143 cm³/mol. The van der Waals surface area contributed by atoms with E-state index in [-0.39, 0.29) is 24.4 Å². The molecule has 1 aliphatic rings. The van der Waals surface area contributed by atoms with E-state index in [0.717, 1.165) is 22.3 Å². The molecule has 0 radical (unpaired) electrons. The van der Waals surface area contributed by atoms with Crippen LogP contribution >= 0.6 is 10.8 Å². The van der Waals surface area contributed by atoms with Crippen LogP contribution in [0, 0.1) is 6.92 Å². The lowest BCUT2D eigenvalue weighted by Gasteiger charge is -2.42. The largest absolute Gasteiger partial charge is 0.495 e. The standard InChI is InChI=1S/C28H34N2O6S/c1-5-35-28(31)14-25(22-13-24(34-4)16-29-15-22)21-11-10-19(2)23(12-21)18-30-17-20(3)36-26-8-6-7-9-27(26)37(30,32)33/h6-13,15-16,20,25,32-33H,5,14,17-18H2,1-4H3. The molecule has 8 nitrogen and oxygen atoms in total. The van der Waals surface area contributed by atoms with Crippen molar-refractivity contribution in [1.29, 1.82) is 0 Å². The van der Waals surface area contributed by atoms with E-state index in [4.69, 9.17) is 14.2 Å². The van der Waals surface area contributed by atoms with Gasteiger partial charge in [0.1, 0.15) is 22.5 Å². The van der Waals surface area contributed by atoms with Crippen LogP contribution in [-0.4, -0.2) is 50.7 Å². The average Bonchev–Trinajstić information content (AvgIpc) is 2.97. The van der Waals surface area contributed by atoms with Crippen LogP contribution < -0.4 is 9.47 Å². The van der Waals surface area contributed by atoms with Gasteiger partial charge in [-0.15, -0.1) is 10.8 Å². The molecule has 0 bridgehead atoms. The van der Waals surface area contributed by atoms with Gasteiger partial charge in [-0.25, -0.2) is 0 Å². The van der Waals surface area contributed by atoms with Crippen molar-refractivity contribution in [3.63, 3.8) is 0 Å². The summed E-state index contributed by atoms with van der Waals surface area (Å²) in [5.41, 5.74) is 3.66. The zero-order valence-electron chi connectivity index (χ0n) is 21.6. The van der Waals surface area contributed by atoms with Crippen molar-refractivity contribution in [1.82, 2.24) is 9.29 Å². The molecule has 0 saturated carbocycles. The molecular weight excluding hydrogens is 492 g/mol. The van der Waals surface area contributed by atoms with Gasteiger partial charge >= 0.3 is 5.97 Å². The molecule has 3 aromatic rings. The molecule has 0 saturated heterocycles. The molecule has 198 valence electrons. The topological polar surface area (TPSA) is 101 Å². The van der Waals surface area contributed by atoms with Gasteiger partial charge in [0.15, 0.2) is 0 Å². The monoisotopic (exact) mass is 526 g/mol. The number of hydrogen-bond donors (Lipinski definition) is 2.